The van der Waals surface area contributed by atoms with Gasteiger partial charge in [0.15, 0.2) is 0 Å². The Morgan fingerprint density at radius 2 is 2.19 bits per heavy atom. The Balaban J connectivity index is 2.19. The molecule has 1 aliphatic carbocycles. The summed E-state index contributed by atoms with van der Waals surface area (Å²) in [6.07, 6.45) is 5.36. The molecule has 1 rings (SSSR count). The second-order valence-corrected chi connectivity index (χ2v) is 4.88. The molecule has 0 heterocycles. The predicted molar refractivity (Wildman–Crippen MR) is 63.9 cm³/mol. The van der Waals surface area contributed by atoms with Crippen LogP contribution in [0.3, 0.4) is 0 Å². The number of amides is 1. The van der Waals surface area contributed by atoms with Crippen LogP contribution in [0.2, 0.25) is 0 Å². The molecule has 0 aromatic rings. The number of rotatable bonds is 8. The van der Waals surface area contributed by atoms with Crippen molar-refractivity contribution in [1.82, 2.24) is 5.32 Å². The molecule has 1 saturated carbocycles. The third kappa shape index (κ3) is 4.10. The molecule has 4 N–H and O–H groups in total. The second-order valence-electron chi connectivity index (χ2n) is 4.88. The van der Waals surface area contributed by atoms with E-state index >= 15 is 0 Å². The predicted octanol–water partition coefficient (Wildman–Crippen LogP) is 0.783. The maximum atomic E-state index is 11.6. The molecule has 1 aliphatic rings. The number of carbonyl (C=O) groups excluding carboxylic acids is 1. The molecule has 0 bridgehead atoms. The van der Waals surface area contributed by atoms with Gasteiger partial charge in [-0.15, -0.1) is 0 Å². The molecule has 4 heteroatoms. The van der Waals surface area contributed by atoms with Crippen LogP contribution in [-0.2, 0) is 4.79 Å². The molecule has 0 aromatic heterocycles. The van der Waals surface area contributed by atoms with Crippen LogP contribution in [0.1, 0.15) is 45.4 Å². The monoisotopic (exact) mass is 228 g/mol. The Bertz CT molecular complexity index is 227. The normalized spacial score (nSPS) is 19.2. The molecule has 1 amide bonds. The van der Waals surface area contributed by atoms with Crippen molar-refractivity contribution in [2.45, 2.75) is 51.0 Å². The lowest BCUT2D eigenvalue weighted by molar-refractivity contribution is -0.122. The van der Waals surface area contributed by atoms with Crippen LogP contribution in [0.5, 0.6) is 0 Å². The highest BCUT2D eigenvalue weighted by atomic mass is 16.3. The maximum absolute atomic E-state index is 11.6. The first-order valence-electron chi connectivity index (χ1n) is 6.27. The summed E-state index contributed by atoms with van der Waals surface area (Å²) < 4.78 is 0. The fraction of sp³-hybridized carbons (Fsp3) is 0.917. The third-order valence-electron chi connectivity index (χ3n) is 3.49. The van der Waals surface area contributed by atoms with Crippen molar-refractivity contribution in [3.8, 4) is 0 Å². The summed E-state index contributed by atoms with van der Waals surface area (Å²) in [6, 6.07) is 0. The van der Waals surface area contributed by atoms with Gasteiger partial charge in [-0.2, -0.15) is 0 Å². The van der Waals surface area contributed by atoms with Gasteiger partial charge in [0.1, 0.15) is 0 Å². The molecular formula is C12H24N2O2. The molecule has 0 aliphatic heterocycles. The van der Waals surface area contributed by atoms with E-state index in [2.05, 4.69) is 12.2 Å². The quantitative estimate of drug-likeness (QED) is 0.575. The smallest absolute Gasteiger partial charge is 0.220 e. The number of nitrogens with two attached hydrogens (primary N) is 1. The molecule has 1 unspecified atom stereocenters. The summed E-state index contributed by atoms with van der Waals surface area (Å²) >= 11 is 0. The molecule has 0 aromatic carbocycles. The summed E-state index contributed by atoms with van der Waals surface area (Å²) in [5, 5.41) is 12.0. The van der Waals surface area contributed by atoms with Gasteiger partial charge in [0.25, 0.3) is 0 Å². The average molecular weight is 228 g/mol. The summed E-state index contributed by atoms with van der Waals surface area (Å²) in [6.45, 7) is 2.90. The van der Waals surface area contributed by atoms with Gasteiger partial charge in [-0.25, -0.2) is 0 Å². The van der Waals surface area contributed by atoms with Gasteiger partial charge >= 0.3 is 0 Å². The minimum Gasteiger partial charge on any atom is -0.394 e. The second kappa shape index (κ2) is 6.21. The van der Waals surface area contributed by atoms with Gasteiger partial charge in [-0.3, -0.25) is 4.79 Å². The standard InChI is InChI=1S/C12H24N2O2/c1-2-10(5-8-13)3-4-11(16)14-12(9-15)6-7-12/h10,15H,2-9,13H2,1H3,(H,14,16). The molecule has 4 nitrogen and oxygen atoms in total. The van der Waals surface area contributed by atoms with Crippen molar-refractivity contribution < 1.29 is 9.90 Å². The van der Waals surface area contributed by atoms with E-state index in [9.17, 15) is 4.79 Å². The topological polar surface area (TPSA) is 75.4 Å². The number of aliphatic hydroxyl groups is 1. The van der Waals surface area contributed by atoms with Crippen molar-refractivity contribution in [3.05, 3.63) is 0 Å². The van der Waals surface area contributed by atoms with Crippen LogP contribution in [0, 0.1) is 5.92 Å². The van der Waals surface area contributed by atoms with Gasteiger partial charge in [0.05, 0.1) is 12.1 Å². The minimum absolute atomic E-state index is 0.0682. The molecule has 16 heavy (non-hydrogen) atoms. The Labute approximate surface area is 97.6 Å². The first kappa shape index (κ1) is 13.5. The first-order chi connectivity index (χ1) is 7.65. The van der Waals surface area contributed by atoms with Crippen molar-refractivity contribution in [3.63, 3.8) is 0 Å². The summed E-state index contributed by atoms with van der Waals surface area (Å²) in [5.41, 5.74) is 5.24. The van der Waals surface area contributed by atoms with Crippen molar-refractivity contribution in [2.24, 2.45) is 11.7 Å². The third-order valence-corrected chi connectivity index (χ3v) is 3.49. The van der Waals surface area contributed by atoms with E-state index in [0.717, 1.165) is 32.1 Å². The minimum atomic E-state index is -0.271. The number of hydrogen-bond acceptors (Lipinski definition) is 3. The summed E-state index contributed by atoms with van der Waals surface area (Å²) in [5.74, 6) is 0.627. The lowest BCUT2D eigenvalue weighted by atomic mass is 9.96. The highest BCUT2D eigenvalue weighted by Crippen LogP contribution is 2.34. The molecule has 1 fully saturated rings. The van der Waals surface area contributed by atoms with Crippen LogP contribution < -0.4 is 11.1 Å². The molecule has 0 radical (unpaired) electrons. The summed E-state index contributed by atoms with van der Waals surface area (Å²) in [4.78, 5) is 11.6. The van der Waals surface area contributed by atoms with Crippen molar-refractivity contribution >= 4 is 5.91 Å². The lowest BCUT2D eigenvalue weighted by Gasteiger charge is -2.16. The van der Waals surface area contributed by atoms with E-state index in [1.54, 1.807) is 0 Å². The van der Waals surface area contributed by atoms with Crippen LogP contribution in [0.4, 0.5) is 0 Å². The zero-order chi connectivity index (χ0) is 12.0. The summed E-state index contributed by atoms with van der Waals surface area (Å²) in [7, 11) is 0. The molecule has 0 spiro atoms. The molecule has 94 valence electrons. The van der Waals surface area contributed by atoms with Crippen LogP contribution in [0.25, 0.3) is 0 Å². The van der Waals surface area contributed by atoms with Gasteiger partial charge in [0, 0.05) is 6.42 Å². The van der Waals surface area contributed by atoms with Gasteiger partial charge in [0.2, 0.25) is 5.91 Å². The fourth-order valence-corrected chi connectivity index (χ4v) is 1.96. The van der Waals surface area contributed by atoms with E-state index in [1.807, 2.05) is 0 Å². The largest absolute Gasteiger partial charge is 0.394 e. The first-order valence-corrected chi connectivity index (χ1v) is 6.27. The number of carbonyl (C=O) groups is 1. The van der Waals surface area contributed by atoms with Crippen molar-refractivity contribution in [1.29, 1.82) is 0 Å². The van der Waals surface area contributed by atoms with Gasteiger partial charge in [-0.1, -0.05) is 13.3 Å². The van der Waals surface area contributed by atoms with Crippen molar-refractivity contribution in [2.75, 3.05) is 13.2 Å². The SMILES string of the molecule is CCC(CCN)CCC(=O)NC1(CO)CC1. The Morgan fingerprint density at radius 3 is 2.62 bits per heavy atom. The van der Waals surface area contributed by atoms with Crippen LogP contribution >= 0.6 is 0 Å². The van der Waals surface area contributed by atoms with Crippen LogP contribution in [-0.4, -0.2) is 29.7 Å². The van der Waals surface area contributed by atoms with E-state index < -0.39 is 0 Å². The zero-order valence-corrected chi connectivity index (χ0v) is 10.2. The number of hydrogen-bond donors (Lipinski definition) is 3. The van der Waals surface area contributed by atoms with Gasteiger partial charge in [-0.05, 0) is 38.1 Å². The van der Waals surface area contributed by atoms with Crippen LogP contribution in [0.15, 0.2) is 0 Å². The van der Waals surface area contributed by atoms with E-state index in [1.165, 1.54) is 0 Å². The van der Waals surface area contributed by atoms with E-state index in [-0.39, 0.29) is 18.1 Å². The Hall–Kier alpha value is -0.610. The zero-order valence-electron chi connectivity index (χ0n) is 10.2. The number of nitrogens with one attached hydrogen (secondary N) is 1. The average Bonchev–Trinajstić information content (AvgIpc) is 3.04. The highest BCUT2D eigenvalue weighted by Gasteiger charge is 2.43. The van der Waals surface area contributed by atoms with Gasteiger partial charge < -0.3 is 16.2 Å². The van der Waals surface area contributed by atoms with E-state index in [4.69, 9.17) is 10.8 Å². The highest BCUT2D eigenvalue weighted by molar-refractivity contribution is 5.77. The number of aliphatic hydroxyl groups excluding tert-OH is 1. The fourth-order valence-electron chi connectivity index (χ4n) is 1.96. The molecular weight excluding hydrogens is 204 g/mol. The Morgan fingerprint density at radius 1 is 1.50 bits per heavy atom. The molecule has 0 saturated heterocycles. The Kier molecular flexibility index (Phi) is 5.22. The molecule has 1 atom stereocenters. The van der Waals surface area contributed by atoms with E-state index in [0.29, 0.717) is 18.9 Å². The maximum Gasteiger partial charge on any atom is 0.220 e. The lowest BCUT2D eigenvalue weighted by Crippen LogP contribution is -2.39.